The lowest BCUT2D eigenvalue weighted by Crippen LogP contribution is -2.08. The van der Waals surface area contributed by atoms with Gasteiger partial charge < -0.3 is 5.32 Å². The van der Waals surface area contributed by atoms with Gasteiger partial charge in [-0.3, -0.25) is 4.68 Å². The minimum Gasteiger partial charge on any atom is -0.370 e. The van der Waals surface area contributed by atoms with Gasteiger partial charge in [0.05, 0.1) is 11.3 Å². The van der Waals surface area contributed by atoms with Crippen molar-refractivity contribution in [1.29, 1.82) is 0 Å². The molecule has 5 heteroatoms. The first-order valence-corrected chi connectivity index (χ1v) is 7.11. The van der Waals surface area contributed by atoms with E-state index in [0.29, 0.717) is 0 Å². The number of nitrogens with zero attached hydrogens (tertiary/aromatic N) is 4. The maximum atomic E-state index is 4.72. The van der Waals surface area contributed by atoms with E-state index in [-0.39, 0.29) is 0 Å². The third-order valence-corrected chi connectivity index (χ3v) is 3.64. The third-order valence-electron chi connectivity index (χ3n) is 3.64. The number of hydrogen-bond acceptors (Lipinski definition) is 4. The largest absolute Gasteiger partial charge is 0.370 e. The summed E-state index contributed by atoms with van der Waals surface area (Å²) in [5, 5.41) is 7.80. The Bertz CT molecular complexity index is 628. The van der Waals surface area contributed by atoms with E-state index in [0.717, 1.165) is 47.3 Å². The molecule has 2 heterocycles. The molecule has 20 heavy (non-hydrogen) atoms. The Morgan fingerprint density at radius 3 is 2.25 bits per heavy atom. The van der Waals surface area contributed by atoms with Gasteiger partial charge in [-0.25, -0.2) is 9.97 Å². The van der Waals surface area contributed by atoms with Crippen molar-refractivity contribution in [3.8, 4) is 11.4 Å². The summed E-state index contributed by atoms with van der Waals surface area (Å²) in [5.41, 5.74) is 5.33. The van der Waals surface area contributed by atoms with Gasteiger partial charge in [-0.2, -0.15) is 5.10 Å². The Morgan fingerprint density at radius 1 is 1.05 bits per heavy atom. The molecule has 0 aliphatic rings. The maximum absolute atomic E-state index is 4.72. The topological polar surface area (TPSA) is 55.6 Å². The number of anilines is 1. The molecule has 2 aromatic rings. The maximum Gasteiger partial charge on any atom is 0.165 e. The molecule has 2 rings (SSSR count). The van der Waals surface area contributed by atoms with Gasteiger partial charge in [0.25, 0.3) is 0 Å². The van der Waals surface area contributed by atoms with Crippen LogP contribution in [0.4, 0.5) is 5.82 Å². The van der Waals surface area contributed by atoms with Gasteiger partial charge in [0.15, 0.2) is 5.82 Å². The molecule has 0 aromatic carbocycles. The molecule has 0 aliphatic carbocycles. The predicted molar refractivity (Wildman–Crippen MR) is 82.0 cm³/mol. The van der Waals surface area contributed by atoms with Gasteiger partial charge in [0.2, 0.25) is 0 Å². The van der Waals surface area contributed by atoms with Crippen LogP contribution < -0.4 is 5.32 Å². The average Bonchev–Trinajstić information content (AvgIpc) is 2.63. The van der Waals surface area contributed by atoms with Crippen LogP contribution in [0.2, 0.25) is 0 Å². The minimum absolute atomic E-state index is 0.763. The lowest BCUT2D eigenvalue weighted by atomic mass is 10.1. The highest BCUT2D eigenvalue weighted by Crippen LogP contribution is 2.27. The molecular formula is C15H23N5. The fourth-order valence-electron chi connectivity index (χ4n) is 2.54. The Hall–Kier alpha value is -1.91. The first kappa shape index (κ1) is 14.5. The fraction of sp³-hybridized carbons (Fsp3) is 0.533. The van der Waals surface area contributed by atoms with E-state index in [2.05, 4.69) is 36.2 Å². The van der Waals surface area contributed by atoms with Crippen LogP contribution in [0.15, 0.2) is 0 Å². The van der Waals surface area contributed by atoms with Crippen molar-refractivity contribution in [2.45, 2.75) is 41.0 Å². The van der Waals surface area contributed by atoms with Crippen LogP contribution in [0.5, 0.6) is 0 Å². The standard InChI is InChI=1S/C15H23N5/c1-7-12-9(3)17-15(18-14(12)16-8-2)13-10(4)19-20(6)11(13)5/h7-8H2,1-6H3,(H,16,17,18). The number of rotatable bonds is 4. The van der Waals surface area contributed by atoms with Gasteiger partial charge in [-0.15, -0.1) is 0 Å². The average molecular weight is 273 g/mol. The third kappa shape index (κ3) is 2.40. The molecule has 0 atom stereocenters. The highest BCUT2D eigenvalue weighted by Gasteiger charge is 2.17. The summed E-state index contributed by atoms with van der Waals surface area (Å²) in [6, 6.07) is 0. The smallest absolute Gasteiger partial charge is 0.165 e. The van der Waals surface area contributed by atoms with Crippen molar-refractivity contribution in [1.82, 2.24) is 19.7 Å². The molecule has 0 spiro atoms. The summed E-state index contributed by atoms with van der Waals surface area (Å²) < 4.78 is 1.88. The van der Waals surface area contributed by atoms with Crippen molar-refractivity contribution in [2.75, 3.05) is 11.9 Å². The molecule has 5 nitrogen and oxygen atoms in total. The van der Waals surface area contributed by atoms with E-state index in [9.17, 15) is 0 Å². The van der Waals surface area contributed by atoms with E-state index in [1.807, 2.05) is 25.6 Å². The van der Waals surface area contributed by atoms with Crippen molar-refractivity contribution < 1.29 is 0 Å². The van der Waals surface area contributed by atoms with E-state index in [1.54, 1.807) is 0 Å². The van der Waals surface area contributed by atoms with E-state index in [4.69, 9.17) is 4.98 Å². The van der Waals surface area contributed by atoms with Crippen molar-refractivity contribution in [2.24, 2.45) is 7.05 Å². The van der Waals surface area contributed by atoms with Crippen LogP contribution in [0.3, 0.4) is 0 Å². The van der Waals surface area contributed by atoms with Crippen LogP contribution >= 0.6 is 0 Å². The SMILES string of the molecule is CCNc1nc(-c2c(C)nn(C)c2C)nc(C)c1CC. The quantitative estimate of drug-likeness (QED) is 0.930. The summed E-state index contributed by atoms with van der Waals surface area (Å²) in [7, 11) is 1.95. The molecule has 108 valence electrons. The highest BCUT2D eigenvalue weighted by atomic mass is 15.3. The Labute approximate surface area is 120 Å². The second kappa shape index (κ2) is 5.61. The van der Waals surface area contributed by atoms with Gasteiger partial charge in [-0.1, -0.05) is 6.92 Å². The molecule has 0 radical (unpaired) electrons. The van der Waals surface area contributed by atoms with Crippen LogP contribution in [-0.4, -0.2) is 26.3 Å². The Kier molecular flexibility index (Phi) is 4.06. The molecular weight excluding hydrogens is 250 g/mol. The summed E-state index contributed by atoms with van der Waals surface area (Å²) in [4.78, 5) is 9.41. The highest BCUT2D eigenvalue weighted by molar-refractivity contribution is 5.64. The van der Waals surface area contributed by atoms with Crippen molar-refractivity contribution >= 4 is 5.82 Å². The first-order valence-electron chi connectivity index (χ1n) is 7.11. The van der Waals surface area contributed by atoms with Crippen LogP contribution in [-0.2, 0) is 13.5 Å². The summed E-state index contributed by atoms with van der Waals surface area (Å²) in [5.74, 6) is 1.71. The van der Waals surface area contributed by atoms with Crippen molar-refractivity contribution in [3.63, 3.8) is 0 Å². The second-order valence-corrected chi connectivity index (χ2v) is 5.01. The lowest BCUT2D eigenvalue weighted by molar-refractivity contribution is 0.731. The normalized spacial score (nSPS) is 10.9. The van der Waals surface area contributed by atoms with Gasteiger partial charge in [0.1, 0.15) is 5.82 Å². The Balaban J connectivity index is 2.63. The molecule has 0 unspecified atom stereocenters. The van der Waals surface area contributed by atoms with E-state index in [1.165, 1.54) is 5.56 Å². The molecule has 0 saturated heterocycles. The van der Waals surface area contributed by atoms with Gasteiger partial charge in [0, 0.05) is 30.5 Å². The summed E-state index contributed by atoms with van der Waals surface area (Å²) >= 11 is 0. The monoisotopic (exact) mass is 273 g/mol. The molecule has 1 N–H and O–H groups in total. The van der Waals surface area contributed by atoms with Crippen molar-refractivity contribution in [3.05, 3.63) is 22.6 Å². The zero-order valence-electron chi connectivity index (χ0n) is 13.2. The molecule has 0 bridgehead atoms. The first-order chi connectivity index (χ1) is 9.49. The molecule has 0 saturated carbocycles. The molecule has 0 fully saturated rings. The fourth-order valence-corrected chi connectivity index (χ4v) is 2.54. The number of nitrogens with one attached hydrogen (secondary N) is 1. The zero-order valence-corrected chi connectivity index (χ0v) is 13.2. The predicted octanol–water partition coefficient (Wildman–Crippen LogP) is 2.80. The second-order valence-electron chi connectivity index (χ2n) is 5.01. The lowest BCUT2D eigenvalue weighted by Gasteiger charge is -2.13. The molecule has 0 amide bonds. The van der Waals surface area contributed by atoms with Crippen LogP contribution in [0, 0.1) is 20.8 Å². The number of aromatic nitrogens is 4. The summed E-state index contributed by atoms with van der Waals surface area (Å²) in [6.07, 6.45) is 0.930. The molecule has 2 aromatic heterocycles. The van der Waals surface area contributed by atoms with Crippen LogP contribution in [0.1, 0.15) is 36.5 Å². The van der Waals surface area contributed by atoms with E-state index < -0.39 is 0 Å². The minimum atomic E-state index is 0.763. The van der Waals surface area contributed by atoms with Gasteiger partial charge >= 0.3 is 0 Å². The number of hydrogen-bond donors (Lipinski definition) is 1. The molecule has 0 aliphatic heterocycles. The van der Waals surface area contributed by atoms with Crippen LogP contribution in [0.25, 0.3) is 11.4 Å². The Morgan fingerprint density at radius 2 is 1.75 bits per heavy atom. The number of aryl methyl sites for hydroxylation is 3. The van der Waals surface area contributed by atoms with E-state index >= 15 is 0 Å². The zero-order chi connectivity index (χ0) is 14.9. The summed E-state index contributed by atoms with van der Waals surface area (Å²) in [6.45, 7) is 11.2. The van der Waals surface area contributed by atoms with Gasteiger partial charge in [-0.05, 0) is 34.1 Å².